The fourth-order valence-electron chi connectivity index (χ4n) is 1.28. The van der Waals surface area contributed by atoms with Gasteiger partial charge < -0.3 is 9.84 Å². The lowest BCUT2D eigenvalue weighted by molar-refractivity contribution is -0.140. The zero-order valence-electron chi connectivity index (χ0n) is 10.5. The van der Waals surface area contributed by atoms with Gasteiger partial charge in [-0.25, -0.2) is 13.2 Å². The molecule has 0 aliphatic heterocycles. The zero-order chi connectivity index (χ0) is 14.8. The molecule has 1 heterocycles. The zero-order valence-corrected chi connectivity index (χ0v) is 12.2. The second-order valence-electron chi connectivity index (χ2n) is 3.72. The number of likely N-dealkylation sites (N-methyl/N-ethyl adjacent to an activating group) is 1. The number of aryl methyl sites for hydroxylation is 1. The summed E-state index contributed by atoms with van der Waals surface area (Å²) in [5.41, 5.74) is 0.363. The molecule has 1 rings (SSSR count). The van der Waals surface area contributed by atoms with Gasteiger partial charge in [0.2, 0.25) is 0 Å². The van der Waals surface area contributed by atoms with Crippen LogP contribution in [0.4, 0.5) is 0 Å². The van der Waals surface area contributed by atoms with Crippen molar-refractivity contribution in [2.24, 2.45) is 0 Å². The normalized spacial score (nSPS) is 11.6. The van der Waals surface area contributed by atoms with Crippen molar-refractivity contribution in [2.45, 2.75) is 11.1 Å². The highest BCUT2D eigenvalue weighted by molar-refractivity contribution is 7.91. The van der Waals surface area contributed by atoms with Gasteiger partial charge in [-0.1, -0.05) is 0 Å². The Hall–Kier alpha value is -1.45. The minimum Gasteiger partial charge on any atom is -0.477 e. The van der Waals surface area contributed by atoms with Crippen LogP contribution in [-0.2, 0) is 19.6 Å². The summed E-state index contributed by atoms with van der Waals surface area (Å²) in [6, 6.07) is 1.28. The number of carboxylic acids is 1. The molecule has 0 unspecified atom stereocenters. The number of hydrogen-bond acceptors (Lipinski definition) is 6. The molecule has 0 radical (unpaired) electrons. The third-order valence-electron chi connectivity index (χ3n) is 2.33. The summed E-state index contributed by atoms with van der Waals surface area (Å²) in [6.07, 6.45) is 0. The smallest absolute Gasteiger partial charge is 0.346 e. The molecule has 1 aromatic rings. The largest absolute Gasteiger partial charge is 0.477 e. The van der Waals surface area contributed by atoms with E-state index in [1.165, 1.54) is 20.0 Å². The summed E-state index contributed by atoms with van der Waals surface area (Å²) < 4.78 is 29.3. The van der Waals surface area contributed by atoms with Crippen molar-refractivity contribution in [2.75, 3.05) is 20.7 Å². The molecule has 19 heavy (non-hydrogen) atoms. The standard InChI is InChI=1S/C10H13NO6S2/c1-6-4-8(18-9(6)10(13)14)19(15,16)11(2)5-7(12)17-3/h4H,5H2,1-3H3,(H,13,14). The minimum atomic E-state index is -3.89. The minimum absolute atomic E-state index is 0.0370. The van der Waals surface area contributed by atoms with Gasteiger partial charge in [-0.2, -0.15) is 4.31 Å². The highest BCUT2D eigenvalue weighted by Crippen LogP contribution is 2.27. The van der Waals surface area contributed by atoms with E-state index in [0.717, 1.165) is 11.4 Å². The van der Waals surface area contributed by atoms with Crippen molar-refractivity contribution in [1.29, 1.82) is 0 Å². The molecule has 0 spiro atoms. The van der Waals surface area contributed by atoms with Gasteiger partial charge in [0.05, 0.1) is 7.11 Å². The van der Waals surface area contributed by atoms with Gasteiger partial charge in [0.15, 0.2) is 0 Å². The first kappa shape index (κ1) is 15.6. The van der Waals surface area contributed by atoms with Crippen LogP contribution in [-0.4, -0.2) is 50.5 Å². The van der Waals surface area contributed by atoms with Crippen LogP contribution in [0.3, 0.4) is 0 Å². The Kier molecular flexibility index (Phi) is 4.66. The van der Waals surface area contributed by atoms with Crippen molar-refractivity contribution in [3.05, 3.63) is 16.5 Å². The summed E-state index contributed by atoms with van der Waals surface area (Å²) >= 11 is 0.656. The van der Waals surface area contributed by atoms with Crippen molar-refractivity contribution in [3.8, 4) is 0 Å². The molecule has 0 aliphatic rings. The van der Waals surface area contributed by atoms with Crippen molar-refractivity contribution in [3.63, 3.8) is 0 Å². The maximum Gasteiger partial charge on any atom is 0.346 e. The Morgan fingerprint density at radius 3 is 2.47 bits per heavy atom. The van der Waals surface area contributed by atoms with Gasteiger partial charge in [-0.3, -0.25) is 4.79 Å². The number of sulfonamides is 1. The first-order chi connectivity index (χ1) is 8.70. The number of hydrogen-bond donors (Lipinski definition) is 1. The van der Waals surface area contributed by atoms with Gasteiger partial charge in [-0.15, -0.1) is 11.3 Å². The Balaban J connectivity index is 3.10. The first-order valence-electron chi connectivity index (χ1n) is 5.07. The molecule has 0 atom stereocenters. The topological polar surface area (TPSA) is 101 Å². The molecule has 0 aromatic carbocycles. The van der Waals surface area contributed by atoms with Crippen LogP contribution in [0.15, 0.2) is 10.3 Å². The van der Waals surface area contributed by atoms with E-state index in [-0.39, 0.29) is 9.09 Å². The molecule has 0 amide bonds. The summed E-state index contributed by atoms with van der Waals surface area (Å²) in [6.45, 7) is 1.08. The van der Waals surface area contributed by atoms with E-state index in [0.29, 0.717) is 16.9 Å². The number of nitrogens with zero attached hydrogens (tertiary/aromatic N) is 1. The highest BCUT2D eigenvalue weighted by Gasteiger charge is 2.27. The molecule has 0 saturated heterocycles. The fraction of sp³-hybridized carbons (Fsp3) is 0.400. The number of ether oxygens (including phenoxy) is 1. The number of methoxy groups -OCH3 is 1. The summed E-state index contributed by atoms with van der Waals surface area (Å²) in [7, 11) is -1.51. The van der Waals surface area contributed by atoms with E-state index in [1.807, 2.05) is 0 Å². The third-order valence-corrected chi connectivity index (χ3v) is 5.81. The van der Waals surface area contributed by atoms with Crippen LogP contribution in [0, 0.1) is 6.92 Å². The molecule has 9 heteroatoms. The number of carboxylic acid groups (broad SMARTS) is 1. The molecular formula is C10H13NO6S2. The lowest BCUT2D eigenvalue weighted by atomic mass is 10.3. The van der Waals surface area contributed by atoms with E-state index in [1.54, 1.807) is 0 Å². The number of rotatable bonds is 5. The Morgan fingerprint density at radius 1 is 1.47 bits per heavy atom. The van der Waals surface area contributed by atoms with Crippen LogP contribution in [0.5, 0.6) is 0 Å². The molecule has 106 valence electrons. The van der Waals surface area contributed by atoms with Gasteiger partial charge in [0.25, 0.3) is 10.0 Å². The lowest BCUT2D eigenvalue weighted by Crippen LogP contribution is -2.32. The van der Waals surface area contributed by atoms with Gasteiger partial charge in [0, 0.05) is 7.05 Å². The maximum atomic E-state index is 12.1. The van der Waals surface area contributed by atoms with Crippen LogP contribution in [0.2, 0.25) is 0 Å². The summed E-state index contributed by atoms with van der Waals surface area (Å²) in [4.78, 5) is 21.9. The number of esters is 1. The van der Waals surface area contributed by atoms with Crippen LogP contribution >= 0.6 is 11.3 Å². The Labute approximate surface area is 114 Å². The first-order valence-corrected chi connectivity index (χ1v) is 7.32. The van der Waals surface area contributed by atoms with Gasteiger partial charge >= 0.3 is 11.9 Å². The Morgan fingerprint density at radius 2 is 2.05 bits per heavy atom. The quantitative estimate of drug-likeness (QED) is 0.797. The SMILES string of the molecule is COC(=O)CN(C)S(=O)(=O)c1cc(C)c(C(=O)O)s1. The second kappa shape index (κ2) is 5.68. The van der Waals surface area contributed by atoms with Crippen LogP contribution in [0.25, 0.3) is 0 Å². The number of thiophene rings is 1. The molecule has 0 saturated carbocycles. The molecule has 1 N–H and O–H groups in total. The van der Waals surface area contributed by atoms with E-state index in [2.05, 4.69) is 4.74 Å². The highest BCUT2D eigenvalue weighted by atomic mass is 32.2. The second-order valence-corrected chi connectivity index (χ2v) is 7.04. The molecule has 7 nitrogen and oxygen atoms in total. The summed E-state index contributed by atoms with van der Waals surface area (Å²) in [5.74, 6) is -1.88. The fourth-order valence-corrected chi connectivity index (χ4v) is 3.98. The van der Waals surface area contributed by atoms with Crippen LogP contribution in [0.1, 0.15) is 15.2 Å². The summed E-state index contributed by atoms with van der Waals surface area (Å²) in [5, 5.41) is 8.89. The van der Waals surface area contributed by atoms with Gasteiger partial charge in [0.1, 0.15) is 15.6 Å². The average Bonchev–Trinajstić information content (AvgIpc) is 2.71. The molecule has 0 fully saturated rings. The molecular weight excluding hydrogens is 294 g/mol. The Bertz CT molecular complexity index is 604. The molecule has 1 aromatic heterocycles. The predicted octanol–water partition coefficient (Wildman–Crippen LogP) is 0.548. The number of carbonyl (C=O) groups is 2. The monoisotopic (exact) mass is 307 g/mol. The van der Waals surface area contributed by atoms with E-state index in [4.69, 9.17) is 5.11 Å². The van der Waals surface area contributed by atoms with Crippen molar-refractivity contribution < 1.29 is 27.9 Å². The maximum absolute atomic E-state index is 12.1. The van der Waals surface area contributed by atoms with E-state index < -0.39 is 28.5 Å². The van der Waals surface area contributed by atoms with Crippen molar-refractivity contribution in [1.82, 2.24) is 4.31 Å². The predicted molar refractivity (Wildman–Crippen MR) is 67.8 cm³/mol. The molecule has 0 aliphatic carbocycles. The van der Waals surface area contributed by atoms with Crippen LogP contribution < -0.4 is 0 Å². The van der Waals surface area contributed by atoms with Gasteiger partial charge in [-0.05, 0) is 18.6 Å². The van der Waals surface area contributed by atoms with E-state index >= 15 is 0 Å². The van der Waals surface area contributed by atoms with E-state index in [9.17, 15) is 18.0 Å². The number of carbonyl (C=O) groups excluding carboxylic acids is 1. The number of aromatic carboxylic acids is 1. The lowest BCUT2D eigenvalue weighted by Gasteiger charge is -2.14. The van der Waals surface area contributed by atoms with Crippen molar-refractivity contribution >= 4 is 33.3 Å². The molecule has 0 bridgehead atoms. The average molecular weight is 307 g/mol. The third kappa shape index (κ3) is 3.31.